The third-order valence-electron chi connectivity index (χ3n) is 4.88. The second-order valence-corrected chi connectivity index (χ2v) is 6.42. The Hall–Kier alpha value is -2.08. The monoisotopic (exact) mass is 332 g/mol. The fourth-order valence-corrected chi connectivity index (χ4v) is 3.34. The standard InChI is InChI=1S/C18H22F2N4/c1-13-5-7-23(8-6-13)14(2)17(10-24-12-21-11-22-24)16-4-3-15(19)9-18(16)20/h3-4,9,11-12,14,17H,1,5-8,10H2,2H3. The lowest BCUT2D eigenvalue weighted by atomic mass is 9.89. The van der Waals surface area contributed by atoms with E-state index in [-0.39, 0.29) is 12.0 Å². The Morgan fingerprint density at radius 2 is 2.00 bits per heavy atom. The number of likely N-dealkylation sites (tertiary alicyclic amines) is 1. The van der Waals surface area contributed by atoms with Crippen molar-refractivity contribution in [3.8, 4) is 0 Å². The predicted octanol–water partition coefficient (Wildman–Crippen LogP) is 3.38. The highest BCUT2D eigenvalue weighted by molar-refractivity contribution is 5.24. The summed E-state index contributed by atoms with van der Waals surface area (Å²) in [5.74, 6) is -1.20. The Morgan fingerprint density at radius 3 is 2.62 bits per heavy atom. The third-order valence-corrected chi connectivity index (χ3v) is 4.88. The number of piperidine rings is 1. The molecule has 1 fully saturated rings. The molecule has 24 heavy (non-hydrogen) atoms. The summed E-state index contributed by atoms with van der Waals surface area (Å²) in [6.07, 6.45) is 5.02. The molecule has 0 spiro atoms. The van der Waals surface area contributed by atoms with Crippen LogP contribution in [0, 0.1) is 11.6 Å². The van der Waals surface area contributed by atoms with Gasteiger partial charge >= 0.3 is 0 Å². The summed E-state index contributed by atoms with van der Waals surface area (Å²) in [6.45, 7) is 8.47. The van der Waals surface area contributed by atoms with Gasteiger partial charge in [0.15, 0.2) is 0 Å². The Kier molecular flexibility index (Phi) is 5.04. The molecule has 0 aliphatic carbocycles. The molecule has 2 atom stereocenters. The maximum Gasteiger partial charge on any atom is 0.137 e. The average molecular weight is 332 g/mol. The van der Waals surface area contributed by atoms with Crippen molar-refractivity contribution in [1.82, 2.24) is 19.7 Å². The molecule has 2 heterocycles. The van der Waals surface area contributed by atoms with Crippen molar-refractivity contribution in [3.63, 3.8) is 0 Å². The van der Waals surface area contributed by atoms with E-state index in [9.17, 15) is 8.78 Å². The van der Waals surface area contributed by atoms with Crippen LogP contribution in [0.5, 0.6) is 0 Å². The van der Waals surface area contributed by atoms with Gasteiger partial charge in [-0.2, -0.15) is 5.10 Å². The summed E-state index contributed by atoms with van der Waals surface area (Å²) < 4.78 is 29.4. The quantitative estimate of drug-likeness (QED) is 0.787. The molecule has 0 N–H and O–H groups in total. The largest absolute Gasteiger partial charge is 0.299 e. The van der Waals surface area contributed by atoms with Gasteiger partial charge in [-0.05, 0) is 31.4 Å². The van der Waals surface area contributed by atoms with E-state index in [0.717, 1.165) is 32.0 Å². The van der Waals surface area contributed by atoms with Crippen molar-refractivity contribution in [2.75, 3.05) is 13.1 Å². The van der Waals surface area contributed by atoms with Crippen LogP contribution in [-0.2, 0) is 6.54 Å². The van der Waals surface area contributed by atoms with Gasteiger partial charge < -0.3 is 0 Å². The van der Waals surface area contributed by atoms with E-state index >= 15 is 0 Å². The molecule has 1 aromatic carbocycles. The zero-order chi connectivity index (χ0) is 17.1. The number of hydrogen-bond acceptors (Lipinski definition) is 3. The molecule has 1 aliphatic heterocycles. The molecule has 4 nitrogen and oxygen atoms in total. The molecule has 2 unspecified atom stereocenters. The third kappa shape index (κ3) is 3.70. The van der Waals surface area contributed by atoms with E-state index in [1.54, 1.807) is 17.1 Å². The molecule has 1 aliphatic rings. The van der Waals surface area contributed by atoms with Crippen molar-refractivity contribution in [1.29, 1.82) is 0 Å². The van der Waals surface area contributed by atoms with Crippen molar-refractivity contribution in [2.24, 2.45) is 0 Å². The van der Waals surface area contributed by atoms with Gasteiger partial charge in [-0.25, -0.2) is 13.8 Å². The van der Waals surface area contributed by atoms with Crippen LogP contribution in [0.15, 0.2) is 43.0 Å². The number of aromatic nitrogens is 3. The van der Waals surface area contributed by atoms with Crippen LogP contribution in [0.3, 0.4) is 0 Å². The van der Waals surface area contributed by atoms with Gasteiger partial charge in [-0.1, -0.05) is 18.2 Å². The van der Waals surface area contributed by atoms with Gasteiger partial charge in [0.2, 0.25) is 0 Å². The smallest absolute Gasteiger partial charge is 0.137 e. The molecule has 6 heteroatoms. The van der Waals surface area contributed by atoms with Gasteiger partial charge in [0.25, 0.3) is 0 Å². The summed E-state index contributed by atoms with van der Waals surface area (Å²) in [6, 6.07) is 3.92. The van der Waals surface area contributed by atoms with Gasteiger partial charge in [0.05, 0.1) is 6.54 Å². The first-order chi connectivity index (χ1) is 11.5. The number of hydrogen-bond donors (Lipinski definition) is 0. The Balaban J connectivity index is 1.87. The normalized spacial score (nSPS) is 18.5. The molecule has 128 valence electrons. The minimum Gasteiger partial charge on any atom is -0.299 e. The molecule has 0 amide bonds. The highest BCUT2D eigenvalue weighted by Crippen LogP contribution is 2.30. The van der Waals surface area contributed by atoms with E-state index in [4.69, 9.17) is 0 Å². The SMILES string of the molecule is C=C1CCN(C(C)C(Cn2cncn2)c2ccc(F)cc2F)CC1. The Bertz CT molecular complexity index is 689. The second kappa shape index (κ2) is 7.21. The lowest BCUT2D eigenvalue weighted by Crippen LogP contribution is -2.42. The Labute approximate surface area is 140 Å². The van der Waals surface area contributed by atoms with Gasteiger partial charge in [-0.3, -0.25) is 9.58 Å². The summed E-state index contributed by atoms with van der Waals surface area (Å²) in [5, 5.41) is 4.14. The first-order valence-corrected chi connectivity index (χ1v) is 8.22. The van der Waals surface area contributed by atoms with E-state index in [1.165, 1.54) is 18.0 Å². The Morgan fingerprint density at radius 1 is 1.25 bits per heavy atom. The molecule has 2 aromatic rings. The fraction of sp³-hybridized carbons (Fsp3) is 0.444. The van der Waals surface area contributed by atoms with Crippen LogP contribution in [0.2, 0.25) is 0 Å². The molecular formula is C18H22F2N4. The number of benzene rings is 1. The van der Waals surface area contributed by atoms with Crippen LogP contribution < -0.4 is 0 Å². The summed E-state index contributed by atoms with van der Waals surface area (Å²) >= 11 is 0. The zero-order valence-electron chi connectivity index (χ0n) is 13.8. The van der Waals surface area contributed by atoms with Crippen LogP contribution >= 0.6 is 0 Å². The molecule has 0 radical (unpaired) electrons. The second-order valence-electron chi connectivity index (χ2n) is 6.42. The van der Waals surface area contributed by atoms with Crippen molar-refractivity contribution in [3.05, 3.63) is 60.2 Å². The van der Waals surface area contributed by atoms with Crippen molar-refractivity contribution >= 4 is 0 Å². The molecule has 3 rings (SSSR count). The first kappa shape index (κ1) is 16.8. The van der Waals surface area contributed by atoms with Crippen LogP contribution in [0.4, 0.5) is 8.78 Å². The van der Waals surface area contributed by atoms with Gasteiger partial charge in [0.1, 0.15) is 24.3 Å². The zero-order valence-corrected chi connectivity index (χ0v) is 13.8. The first-order valence-electron chi connectivity index (χ1n) is 8.22. The highest BCUT2D eigenvalue weighted by Gasteiger charge is 2.29. The van der Waals surface area contributed by atoms with E-state index < -0.39 is 11.6 Å². The topological polar surface area (TPSA) is 34.0 Å². The molecular weight excluding hydrogens is 310 g/mol. The van der Waals surface area contributed by atoms with E-state index in [0.29, 0.717) is 12.1 Å². The molecule has 1 saturated heterocycles. The van der Waals surface area contributed by atoms with Crippen molar-refractivity contribution in [2.45, 2.75) is 38.3 Å². The number of halogens is 2. The highest BCUT2D eigenvalue weighted by atomic mass is 19.1. The van der Waals surface area contributed by atoms with Gasteiger partial charge in [-0.15, -0.1) is 0 Å². The summed E-state index contributed by atoms with van der Waals surface area (Å²) in [5.41, 5.74) is 1.78. The average Bonchev–Trinajstić information content (AvgIpc) is 3.06. The van der Waals surface area contributed by atoms with E-state index in [1.807, 2.05) is 0 Å². The lowest BCUT2D eigenvalue weighted by Gasteiger charge is -2.38. The summed E-state index contributed by atoms with van der Waals surface area (Å²) in [4.78, 5) is 6.31. The minimum absolute atomic E-state index is 0.0993. The molecule has 0 bridgehead atoms. The van der Waals surface area contributed by atoms with E-state index in [2.05, 4.69) is 28.5 Å². The van der Waals surface area contributed by atoms with Crippen LogP contribution in [0.1, 0.15) is 31.2 Å². The maximum absolute atomic E-state index is 14.4. The van der Waals surface area contributed by atoms with Gasteiger partial charge in [0, 0.05) is 31.1 Å². The number of rotatable bonds is 5. The number of nitrogens with zero attached hydrogens (tertiary/aromatic N) is 4. The minimum atomic E-state index is -0.558. The predicted molar refractivity (Wildman–Crippen MR) is 88.5 cm³/mol. The molecule has 1 aromatic heterocycles. The van der Waals surface area contributed by atoms with Crippen LogP contribution in [0.25, 0.3) is 0 Å². The summed E-state index contributed by atoms with van der Waals surface area (Å²) in [7, 11) is 0. The fourth-order valence-electron chi connectivity index (χ4n) is 3.34. The maximum atomic E-state index is 14.4. The lowest BCUT2D eigenvalue weighted by molar-refractivity contribution is 0.160. The van der Waals surface area contributed by atoms with Crippen molar-refractivity contribution < 1.29 is 8.78 Å². The molecule has 0 saturated carbocycles. The van der Waals surface area contributed by atoms with Crippen LogP contribution in [-0.4, -0.2) is 38.8 Å².